The molecule has 112 valence electrons. The van der Waals surface area contributed by atoms with Gasteiger partial charge in [-0.1, -0.05) is 24.2 Å². The summed E-state index contributed by atoms with van der Waals surface area (Å²) in [6.45, 7) is 5.12. The number of hydrogen-bond acceptors (Lipinski definition) is 4. The lowest BCUT2D eigenvalue weighted by molar-refractivity contribution is -0.117. The van der Waals surface area contributed by atoms with Crippen LogP contribution >= 0.6 is 0 Å². The van der Waals surface area contributed by atoms with Crippen molar-refractivity contribution in [1.29, 1.82) is 0 Å². The van der Waals surface area contributed by atoms with Crippen molar-refractivity contribution in [1.82, 2.24) is 10.1 Å². The van der Waals surface area contributed by atoms with E-state index in [1.807, 2.05) is 17.9 Å². The number of halogens is 1. The van der Waals surface area contributed by atoms with Crippen molar-refractivity contribution in [3.05, 3.63) is 47.4 Å². The van der Waals surface area contributed by atoms with Crippen molar-refractivity contribution in [2.24, 2.45) is 0 Å². The Labute approximate surface area is 122 Å². The molecule has 1 aromatic carbocycles. The molecule has 6 heteroatoms. The van der Waals surface area contributed by atoms with Crippen LogP contribution in [0.25, 0.3) is 0 Å². The standard InChI is InChI=1S/C15H18FN3O2/c1-3-19(9-12-5-4-6-13(16)8-12)10-14(20)17-15-7-11(2)18-21-15/h4-8H,3,9-10H2,1-2H3,(H,17,20). The first-order valence-corrected chi connectivity index (χ1v) is 6.77. The third-order valence-electron chi connectivity index (χ3n) is 3.00. The average Bonchev–Trinajstić information content (AvgIpc) is 2.83. The molecule has 5 nitrogen and oxygen atoms in total. The van der Waals surface area contributed by atoms with Gasteiger partial charge in [0.2, 0.25) is 11.8 Å². The summed E-state index contributed by atoms with van der Waals surface area (Å²) >= 11 is 0. The molecule has 21 heavy (non-hydrogen) atoms. The molecule has 1 aromatic heterocycles. The Balaban J connectivity index is 1.91. The SMILES string of the molecule is CCN(CC(=O)Nc1cc(C)no1)Cc1cccc(F)c1. The molecule has 0 saturated heterocycles. The number of rotatable bonds is 6. The summed E-state index contributed by atoms with van der Waals surface area (Å²) < 4.78 is 18.1. The van der Waals surface area contributed by atoms with Gasteiger partial charge in [-0.25, -0.2) is 4.39 Å². The predicted octanol–water partition coefficient (Wildman–Crippen LogP) is 2.58. The molecule has 2 rings (SSSR count). The van der Waals surface area contributed by atoms with Gasteiger partial charge in [0, 0.05) is 12.6 Å². The minimum atomic E-state index is -0.273. The highest BCUT2D eigenvalue weighted by atomic mass is 19.1. The Morgan fingerprint density at radius 2 is 2.24 bits per heavy atom. The zero-order valence-electron chi connectivity index (χ0n) is 12.1. The highest BCUT2D eigenvalue weighted by Gasteiger charge is 2.12. The molecule has 0 atom stereocenters. The summed E-state index contributed by atoms with van der Waals surface area (Å²) in [5.41, 5.74) is 1.54. The van der Waals surface area contributed by atoms with Crippen LogP contribution in [0.4, 0.5) is 10.3 Å². The second-order valence-corrected chi connectivity index (χ2v) is 4.81. The van der Waals surface area contributed by atoms with Crippen LogP contribution in [-0.2, 0) is 11.3 Å². The highest BCUT2D eigenvalue weighted by Crippen LogP contribution is 2.10. The smallest absolute Gasteiger partial charge is 0.240 e. The van der Waals surface area contributed by atoms with Crippen LogP contribution in [0, 0.1) is 12.7 Å². The maximum absolute atomic E-state index is 13.2. The van der Waals surface area contributed by atoms with E-state index < -0.39 is 0 Å². The second-order valence-electron chi connectivity index (χ2n) is 4.81. The van der Waals surface area contributed by atoms with Gasteiger partial charge in [0.1, 0.15) is 5.82 Å². The number of aromatic nitrogens is 1. The van der Waals surface area contributed by atoms with Crippen LogP contribution in [0.5, 0.6) is 0 Å². The fourth-order valence-electron chi connectivity index (χ4n) is 1.98. The Bertz CT molecular complexity index is 612. The number of anilines is 1. The molecule has 1 heterocycles. The highest BCUT2D eigenvalue weighted by molar-refractivity contribution is 5.90. The van der Waals surface area contributed by atoms with Gasteiger partial charge in [0.25, 0.3) is 0 Å². The molecule has 1 N–H and O–H groups in total. The summed E-state index contributed by atoms with van der Waals surface area (Å²) in [6.07, 6.45) is 0. The summed E-state index contributed by atoms with van der Waals surface area (Å²) in [5, 5.41) is 6.34. The third-order valence-corrected chi connectivity index (χ3v) is 3.00. The van der Waals surface area contributed by atoms with E-state index in [4.69, 9.17) is 4.52 Å². The maximum Gasteiger partial charge on any atom is 0.240 e. The normalized spacial score (nSPS) is 10.9. The summed E-state index contributed by atoms with van der Waals surface area (Å²) in [7, 11) is 0. The molecule has 1 amide bonds. The molecule has 0 aliphatic rings. The lowest BCUT2D eigenvalue weighted by Crippen LogP contribution is -2.32. The van der Waals surface area contributed by atoms with Crippen molar-refractivity contribution in [3.8, 4) is 0 Å². The number of nitrogens with zero attached hydrogens (tertiary/aromatic N) is 2. The van der Waals surface area contributed by atoms with E-state index in [9.17, 15) is 9.18 Å². The van der Waals surface area contributed by atoms with E-state index in [0.717, 1.165) is 5.56 Å². The molecule has 0 saturated carbocycles. The average molecular weight is 291 g/mol. The van der Waals surface area contributed by atoms with Gasteiger partial charge < -0.3 is 4.52 Å². The minimum absolute atomic E-state index is 0.190. The molecule has 2 aromatic rings. The van der Waals surface area contributed by atoms with Crippen LogP contribution in [0.15, 0.2) is 34.9 Å². The van der Waals surface area contributed by atoms with Crippen molar-refractivity contribution >= 4 is 11.8 Å². The van der Waals surface area contributed by atoms with Gasteiger partial charge in [0.05, 0.1) is 12.2 Å². The van der Waals surface area contributed by atoms with Gasteiger partial charge >= 0.3 is 0 Å². The van der Waals surface area contributed by atoms with Crippen LogP contribution in [0.1, 0.15) is 18.2 Å². The van der Waals surface area contributed by atoms with E-state index in [1.54, 1.807) is 19.1 Å². The van der Waals surface area contributed by atoms with Gasteiger partial charge in [-0.15, -0.1) is 0 Å². The van der Waals surface area contributed by atoms with Crippen LogP contribution in [0.3, 0.4) is 0 Å². The molecule has 0 aliphatic heterocycles. The van der Waals surface area contributed by atoms with Gasteiger partial charge in [-0.3, -0.25) is 15.0 Å². The number of amides is 1. The maximum atomic E-state index is 13.2. The Hall–Kier alpha value is -2.21. The van der Waals surface area contributed by atoms with Crippen molar-refractivity contribution in [2.45, 2.75) is 20.4 Å². The summed E-state index contributed by atoms with van der Waals surface area (Å²) in [6, 6.07) is 8.03. The first-order valence-electron chi connectivity index (χ1n) is 6.77. The summed E-state index contributed by atoms with van der Waals surface area (Å²) in [4.78, 5) is 13.8. The summed E-state index contributed by atoms with van der Waals surface area (Å²) in [5.74, 6) is -0.131. The van der Waals surface area contributed by atoms with E-state index in [2.05, 4.69) is 10.5 Å². The number of carbonyl (C=O) groups is 1. The van der Waals surface area contributed by atoms with Crippen molar-refractivity contribution < 1.29 is 13.7 Å². The van der Waals surface area contributed by atoms with Crippen LogP contribution in [0.2, 0.25) is 0 Å². The molecule has 0 fully saturated rings. The lowest BCUT2D eigenvalue weighted by Gasteiger charge is -2.19. The largest absolute Gasteiger partial charge is 0.338 e. The number of likely N-dealkylation sites (N-methyl/N-ethyl adjacent to an activating group) is 1. The minimum Gasteiger partial charge on any atom is -0.338 e. The van der Waals surface area contributed by atoms with Crippen LogP contribution in [-0.4, -0.2) is 29.1 Å². The first kappa shape index (κ1) is 15.2. The molecule has 0 aliphatic carbocycles. The Morgan fingerprint density at radius 1 is 1.43 bits per heavy atom. The number of aryl methyl sites for hydroxylation is 1. The molecule has 0 unspecified atom stereocenters. The van der Waals surface area contributed by atoms with Crippen molar-refractivity contribution in [3.63, 3.8) is 0 Å². The van der Waals surface area contributed by atoms with E-state index in [-0.39, 0.29) is 18.3 Å². The number of carbonyl (C=O) groups excluding carboxylic acids is 1. The van der Waals surface area contributed by atoms with Crippen molar-refractivity contribution in [2.75, 3.05) is 18.4 Å². The van der Waals surface area contributed by atoms with Crippen LogP contribution < -0.4 is 5.32 Å². The predicted molar refractivity (Wildman–Crippen MR) is 77.2 cm³/mol. The first-order chi connectivity index (χ1) is 10.1. The number of nitrogens with one attached hydrogen (secondary N) is 1. The van der Waals surface area contributed by atoms with E-state index in [0.29, 0.717) is 24.7 Å². The molecule has 0 radical (unpaired) electrons. The number of hydrogen-bond donors (Lipinski definition) is 1. The third kappa shape index (κ3) is 4.68. The number of benzene rings is 1. The Kier molecular flexibility index (Phi) is 5.05. The second kappa shape index (κ2) is 6.99. The van der Waals surface area contributed by atoms with E-state index in [1.165, 1.54) is 12.1 Å². The quantitative estimate of drug-likeness (QED) is 0.888. The Morgan fingerprint density at radius 3 is 2.86 bits per heavy atom. The van der Waals surface area contributed by atoms with Gasteiger partial charge in [-0.2, -0.15) is 0 Å². The fraction of sp³-hybridized carbons (Fsp3) is 0.333. The monoisotopic (exact) mass is 291 g/mol. The molecule has 0 bridgehead atoms. The lowest BCUT2D eigenvalue weighted by atomic mass is 10.2. The zero-order valence-corrected chi connectivity index (χ0v) is 12.1. The molecular formula is C15H18FN3O2. The fourth-order valence-corrected chi connectivity index (χ4v) is 1.98. The molecular weight excluding hydrogens is 273 g/mol. The topological polar surface area (TPSA) is 58.4 Å². The van der Waals surface area contributed by atoms with Gasteiger partial charge in [0.15, 0.2) is 0 Å². The van der Waals surface area contributed by atoms with Gasteiger partial charge in [-0.05, 0) is 31.2 Å². The zero-order chi connectivity index (χ0) is 15.2. The van der Waals surface area contributed by atoms with E-state index >= 15 is 0 Å². The molecule has 0 spiro atoms.